The molecule has 0 aliphatic heterocycles. The Morgan fingerprint density at radius 3 is 2.75 bits per heavy atom. The van der Waals surface area contributed by atoms with Gasteiger partial charge in [0.2, 0.25) is 0 Å². The topological polar surface area (TPSA) is 81.2 Å². The molecule has 1 atom stereocenters. The van der Waals surface area contributed by atoms with E-state index in [4.69, 9.17) is 11.6 Å². The Bertz CT molecular complexity index is 411. The fourth-order valence-corrected chi connectivity index (χ4v) is 1.11. The fraction of sp³-hybridized carbons (Fsp3) is 0.333. The van der Waals surface area contributed by atoms with Crippen LogP contribution >= 0.6 is 11.6 Å². The molecule has 7 heteroatoms. The van der Waals surface area contributed by atoms with E-state index in [9.17, 15) is 9.59 Å². The number of halogens is 1. The zero-order valence-corrected chi connectivity index (χ0v) is 9.49. The van der Waals surface area contributed by atoms with Gasteiger partial charge in [0.05, 0.1) is 19.5 Å². The summed E-state index contributed by atoms with van der Waals surface area (Å²) in [5, 5.41) is 2.51. The van der Waals surface area contributed by atoms with E-state index in [-0.39, 0.29) is 10.8 Å². The first-order valence-electron chi connectivity index (χ1n) is 4.41. The number of esters is 1. The molecule has 16 heavy (non-hydrogen) atoms. The molecule has 0 spiro atoms. The van der Waals surface area contributed by atoms with Crippen molar-refractivity contribution in [1.29, 1.82) is 0 Å². The van der Waals surface area contributed by atoms with Crippen molar-refractivity contribution < 1.29 is 14.3 Å². The predicted molar refractivity (Wildman–Crippen MR) is 56.0 cm³/mol. The molecular formula is C9H10ClN3O3. The van der Waals surface area contributed by atoms with Gasteiger partial charge in [-0.3, -0.25) is 9.78 Å². The second-order valence-corrected chi connectivity index (χ2v) is 3.33. The molecule has 1 N–H and O–H groups in total. The number of methoxy groups -OCH3 is 1. The smallest absolute Gasteiger partial charge is 0.328 e. The van der Waals surface area contributed by atoms with E-state index in [2.05, 4.69) is 20.0 Å². The van der Waals surface area contributed by atoms with Crippen molar-refractivity contribution in [2.75, 3.05) is 7.11 Å². The van der Waals surface area contributed by atoms with E-state index >= 15 is 0 Å². The van der Waals surface area contributed by atoms with Gasteiger partial charge in [-0.05, 0) is 6.92 Å². The van der Waals surface area contributed by atoms with Crippen LogP contribution in [0.3, 0.4) is 0 Å². The summed E-state index contributed by atoms with van der Waals surface area (Å²) in [5.74, 6) is -1.07. The van der Waals surface area contributed by atoms with Crippen LogP contribution in [0.1, 0.15) is 17.4 Å². The van der Waals surface area contributed by atoms with E-state index < -0.39 is 17.9 Å². The van der Waals surface area contributed by atoms with Gasteiger partial charge in [-0.15, -0.1) is 0 Å². The SMILES string of the molecule is COC(=O)[C@H](C)NC(=O)c1cncc(Cl)n1. The molecule has 0 aliphatic carbocycles. The minimum absolute atomic E-state index is 0.0447. The van der Waals surface area contributed by atoms with Gasteiger partial charge in [-0.1, -0.05) is 11.6 Å². The van der Waals surface area contributed by atoms with Crippen molar-refractivity contribution in [2.24, 2.45) is 0 Å². The van der Waals surface area contributed by atoms with E-state index in [0.29, 0.717) is 0 Å². The van der Waals surface area contributed by atoms with Gasteiger partial charge < -0.3 is 10.1 Å². The summed E-state index contributed by atoms with van der Waals surface area (Å²) in [5.41, 5.74) is 0.0447. The molecule has 1 aromatic heterocycles. The Labute approximate surface area is 97.0 Å². The lowest BCUT2D eigenvalue weighted by atomic mass is 10.3. The first-order chi connectivity index (χ1) is 7.54. The van der Waals surface area contributed by atoms with Crippen LogP contribution in [0.25, 0.3) is 0 Å². The zero-order valence-electron chi connectivity index (χ0n) is 8.73. The van der Waals surface area contributed by atoms with Gasteiger partial charge >= 0.3 is 5.97 Å². The average molecular weight is 244 g/mol. The highest BCUT2D eigenvalue weighted by molar-refractivity contribution is 6.29. The molecule has 0 radical (unpaired) electrons. The summed E-state index contributed by atoms with van der Waals surface area (Å²) in [7, 11) is 1.24. The summed E-state index contributed by atoms with van der Waals surface area (Å²) < 4.78 is 4.46. The lowest BCUT2D eigenvalue weighted by molar-refractivity contribution is -0.142. The van der Waals surface area contributed by atoms with E-state index in [1.54, 1.807) is 0 Å². The van der Waals surface area contributed by atoms with Gasteiger partial charge in [0, 0.05) is 0 Å². The van der Waals surface area contributed by atoms with Crippen molar-refractivity contribution >= 4 is 23.5 Å². The van der Waals surface area contributed by atoms with Crippen molar-refractivity contribution in [3.05, 3.63) is 23.2 Å². The van der Waals surface area contributed by atoms with Crippen LogP contribution < -0.4 is 5.32 Å². The minimum atomic E-state index is -0.752. The molecule has 0 bridgehead atoms. The number of carbonyl (C=O) groups excluding carboxylic acids is 2. The molecule has 1 amide bonds. The molecule has 0 saturated carbocycles. The monoisotopic (exact) mass is 243 g/mol. The Balaban J connectivity index is 2.69. The largest absolute Gasteiger partial charge is 0.467 e. The highest BCUT2D eigenvalue weighted by Gasteiger charge is 2.17. The van der Waals surface area contributed by atoms with Crippen molar-refractivity contribution in [3.8, 4) is 0 Å². The van der Waals surface area contributed by atoms with Gasteiger partial charge in [0.1, 0.15) is 16.9 Å². The van der Waals surface area contributed by atoms with E-state index in [1.807, 2.05) is 0 Å². The van der Waals surface area contributed by atoms with Crippen LogP contribution in [0.5, 0.6) is 0 Å². The zero-order chi connectivity index (χ0) is 12.1. The highest BCUT2D eigenvalue weighted by Crippen LogP contribution is 2.02. The maximum atomic E-state index is 11.5. The third kappa shape index (κ3) is 3.16. The predicted octanol–water partition coefficient (Wildman–Crippen LogP) is 0.421. The second-order valence-electron chi connectivity index (χ2n) is 2.95. The first kappa shape index (κ1) is 12.4. The maximum Gasteiger partial charge on any atom is 0.328 e. The van der Waals surface area contributed by atoms with Crippen LogP contribution in [0, 0.1) is 0 Å². The molecule has 0 aliphatic rings. The van der Waals surface area contributed by atoms with Crippen LogP contribution in [-0.2, 0) is 9.53 Å². The number of carbonyl (C=O) groups is 2. The Hall–Kier alpha value is -1.69. The Morgan fingerprint density at radius 2 is 2.19 bits per heavy atom. The molecule has 1 rings (SSSR count). The maximum absolute atomic E-state index is 11.5. The number of aromatic nitrogens is 2. The molecule has 0 aromatic carbocycles. The van der Waals surface area contributed by atoms with Crippen molar-refractivity contribution in [3.63, 3.8) is 0 Å². The lowest BCUT2D eigenvalue weighted by Gasteiger charge is -2.10. The van der Waals surface area contributed by atoms with Crippen LogP contribution in [0.15, 0.2) is 12.4 Å². The number of ether oxygens (including phenoxy) is 1. The van der Waals surface area contributed by atoms with E-state index in [0.717, 1.165) is 0 Å². The van der Waals surface area contributed by atoms with E-state index in [1.165, 1.54) is 26.4 Å². The third-order valence-electron chi connectivity index (χ3n) is 1.74. The van der Waals surface area contributed by atoms with Gasteiger partial charge in [0.15, 0.2) is 0 Å². The number of nitrogens with one attached hydrogen (secondary N) is 1. The molecular weight excluding hydrogens is 234 g/mol. The number of nitrogens with zero attached hydrogens (tertiary/aromatic N) is 2. The number of amides is 1. The van der Waals surface area contributed by atoms with Crippen LogP contribution in [-0.4, -0.2) is 35.0 Å². The molecule has 1 aromatic rings. The normalized spacial score (nSPS) is 11.7. The Kier molecular flexibility index (Phi) is 4.19. The lowest BCUT2D eigenvalue weighted by Crippen LogP contribution is -2.39. The molecule has 1 heterocycles. The van der Waals surface area contributed by atoms with Gasteiger partial charge in [-0.2, -0.15) is 0 Å². The molecule has 6 nitrogen and oxygen atoms in total. The first-order valence-corrected chi connectivity index (χ1v) is 4.78. The number of hydrogen-bond acceptors (Lipinski definition) is 5. The summed E-state index contributed by atoms with van der Waals surface area (Å²) in [6.07, 6.45) is 2.56. The van der Waals surface area contributed by atoms with Crippen LogP contribution in [0.4, 0.5) is 0 Å². The fourth-order valence-electron chi connectivity index (χ4n) is 0.958. The quantitative estimate of drug-likeness (QED) is 0.779. The summed E-state index contributed by atoms with van der Waals surface area (Å²) in [6, 6.07) is -0.752. The minimum Gasteiger partial charge on any atom is -0.467 e. The van der Waals surface area contributed by atoms with Crippen molar-refractivity contribution in [1.82, 2.24) is 15.3 Å². The van der Waals surface area contributed by atoms with Gasteiger partial charge in [-0.25, -0.2) is 9.78 Å². The highest BCUT2D eigenvalue weighted by atomic mass is 35.5. The molecule has 0 fully saturated rings. The van der Waals surface area contributed by atoms with Gasteiger partial charge in [0.25, 0.3) is 5.91 Å². The number of hydrogen-bond donors (Lipinski definition) is 1. The summed E-state index contributed by atoms with van der Waals surface area (Å²) in [6.45, 7) is 1.50. The molecule has 86 valence electrons. The second kappa shape index (κ2) is 5.41. The molecule has 0 saturated heterocycles. The average Bonchev–Trinajstić information content (AvgIpc) is 2.27. The summed E-state index contributed by atoms with van der Waals surface area (Å²) in [4.78, 5) is 30.1. The third-order valence-corrected chi connectivity index (χ3v) is 1.92. The van der Waals surface area contributed by atoms with Crippen molar-refractivity contribution in [2.45, 2.75) is 13.0 Å². The molecule has 0 unspecified atom stereocenters. The summed E-state index contributed by atoms with van der Waals surface area (Å²) >= 11 is 5.57. The Morgan fingerprint density at radius 1 is 1.50 bits per heavy atom. The van der Waals surface area contributed by atoms with Crippen LogP contribution in [0.2, 0.25) is 5.15 Å². The standard InChI is InChI=1S/C9H10ClN3O3/c1-5(9(15)16-2)12-8(14)6-3-11-4-7(10)13-6/h3-5H,1-2H3,(H,12,14)/t5-/m0/s1. The number of rotatable bonds is 3.